The van der Waals surface area contributed by atoms with Crippen molar-refractivity contribution in [3.8, 4) is 5.75 Å². The number of anilines is 1. The summed E-state index contributed by atoms with van der Waals surface area (Å²) in [5, 5.41) is 9.22. The molecule has 0 heterocycles. The summed E-state index contributed by atoms with van der Waals surface area (Å²) in [6, 6.07) is 5.14. The summed E-state index contributed by atoms with van der Waals surface area (Å²) in [5.41, 5.74) is 6.76. The summed E-state index contributed by atoms with van der Waals surface area (Å²) in [6.07, 6.45) is 3.78. The van der Waals surface area contributed by atoms with Crippen LogP contribution in [0.25, 0.3) is 6.08 Å². The van der Waals surface area contributed by atoms with Crippen LogP contribution in [-0.4, -0.2) is 10.9 Å². The maximum absolute atomic E-state index is 9.22. The van der Waals surface area contributed by atoms with Gasteiger partial charge >= 0.3 is 0 Å². The molecule has 0 atom stereocenters. The summed E-state index contributed by atoms with van der Waals surface area (Å²) in [5.74, 6) is 0.807. The summed E-state index contributed by atoms with van der Waals surface area (Å²) < 4.78 is 0. The fourth-order valence-electron chi connectivity index (χ4n) is 0.853. The van der Waals surface area contributed by atoms with Crippen molar-refractivity contribution in [1.82, 2.24) is 0 Å². The topological polar surface area (TPSA) is 46.2 Å². The molecule has 0 radical (unpaired) electrons. The predicted octanol–water partition coefficient (Wildman–Crippen LogP) is 1.92. The highest BCUT2D eigenvalue weighted by Gasteiger charge is 1.94. The van der Waals surface area contributed by atoms with Gasteiger partial charge in [-0.1, -0.05) is 18.2 Å². The van der Waals surface area contributed by atoms with Crippen molar-refractivity contribution in [3.05, 3.63) is 29.8 Å². The Balaban J connectivity index is 2.89. The highest BCUT2D eigenvalue weighted by atomic mass is 32.1. The SMILES string of the molecule is Nc1ccc(C=CCS)cc1O. The molecule has 1 rings (SSSR count). The molecule has 0 aliphatic carbocycles. The molecule has 12 heavy (non-hydrogen) atoms. The minimum absolute atomic E-state index is 0.122. The zero-order chi connectivity index (χ0) is 8.97. The highest BCUT2D eigenvalue weighted by molar-refractivity contribution is 7.80. The van der Waals surface area contributed by atoms with Crippen molar-refractivity contribution < 1.29 is 5.11 Å². The molecule has 0 bridgehead atoms. The molecule has 0 aliphatic heterocycles. The number of phenols is 1. The Morgan fingerprint density at radius 1 is 1.50 bits per heavy atom. The average molecular weight is 181 g/mol. The Morgan fingerprint density at radius 2 is 2.25 bits per heavy atom. The first-order valence-corrected chi connectivity index (χ1v) is 4.23. The first kappa shape index (κ1) is 9.00. The van der Waals surface area contributed by atoms with Crippen LogP contribution >= 0.6 is 12.6 Å². The molecule has 2 nitrogen and oxygen atoms in total. The van der Waals surface area contributed by atoms with Crippen molar-refractivity contribution >= 4 is 24.4 Å². The van der Waals surface area contributed by atoms with Crippen LogP contribution in [0.4, 0.5) is 5.69 Å². The van der Waals surface area contributed by atoms with Gasteiger partial charge in [-0.15, -0.1) is 0 Å². The van der Waals surface area contributed by atoms with E-state index >= 15 is 0 Å². The Morgan fingerprint density at radius 3 is 2.83 bits per heavy atom. The van der Waals surface area contributed by atoms with Crippen LogP contribution in [0.3, 0.4) is 0 Å². The van der Waals surface area contributed by atoms with Crippen molar-refractivity contribution in [2.45, 2.75) is 0 Å². The zero-order valence-electron chi connectivity index (χ0n) is 6.57. The number of thiol groups is 1. The largest absolute Gasteiger partial charge is 0.506 e. The van der Waals surface area contributed by atoms with E-state index in [1.807, 2.05) is 18.2 Å². The summed E-state index contributed by atoms with van der Waals surface area (Å²) in [6.45, 7) is 0. The minimum atomic E-state index is 0.122. The molecule has 0 amide bonds. The van der Waals surface area contributed by atoms with Gasteiger partial charge in [0.15, 0.2) is 0 Å². The third-order valence-electron chi connectivity index (χ3n) is 1.47. The van der Waals surface area contributed by atoms with Gasteiger partial charge in [0.1, 0.15) is 5.75 Å². The average Bonchev–Trinajstić information content (AvgIpc) is 2.07. The van der Waals surface area contributed by atoms with E-state index in [1.165, 1.54) is 0 Å². The van der Waals surface area contributed by atoms with E-state index in [-0.39, 0.29) is 5.75 Å². The van der Waals surface area contributed by atoms with Crippen molar-refractivity contribution in [3.63, 3.8) is 0 Å². The third-order valence-corrected chi connectivity index (χ3v) is 1.68. The molecular weight excluding hydrogens is 170 g/mol. The summed E-state index contributed by atoms with van der Waals surface area (Å²) >= 11 is 4.02. The lowest BCUT2D eigenvalue weighted by Crippen LogP contribution is -1.84. The molecule has 64 valence electrons. The number of nitrogens with two attached hydrogens (primary N) is 1. The van der Waals surface area contributed by atoms with Crippen LogP contribution in [0, 0.1) is 0 Å². The van der Waals surface area contributed by atoms with E-state index in [2.05, 4.69) is 12.6 Å². The van der Waals surface area contributed by atoms with Crippen LogP contribution in [0.5, 0.6) is 5.75 Å². The summed E-state index contributed by atoms with van der Waals surface area (Å²) in [4.78, 5) is 0. The monoisotopic (exact) mass is 181 g/mol. The minimum Gasteiger partial charge on any atom is -0.506 e. The summed E-state index contributed by atoms with van der Waals surface area (Å²) in [7, 11) is 0. The molecule has 0 fully saturated rings. The highest BCUT2D eigenvalue weighted by Crippen LogP contribution is 2.21. The number of hydrogen-bond donors (Lipinski definition) is 3. The van der Waals surface area contributed by atoms with Gasteiger partial charge in [0.25, 0.3) is 0 Å². The number of rotatable bonds is 2. The first-order chi connectivity index (χ1) is 5.74. The Labute approximate surface area is 77.1 Å². The molecular formula is C9H11NOS. The van der Waals surface area contributed by atoms with Crippen LogP contribution < -0.4 is 5.73 Å². The normalized spacial score (nSPS) is 10.8. The van der Waals surface area contributed by atoms with E-state index in [1.54, 1.807) is 12.1 Å². The fourth-order valence-corrected chi connectivity index (χ4v) is 0.959. The quantitative estimate of drug-likeness (QED) is 0.371. The van der Waals surface area contributed by atoms with Gasteiger partial charge in [0.05, 0.1) is 5.69 Å². The molecule has 3 N–H and O–H groups in total. The standard InChI is InChI=1S/C9H11NOS/c10-8-4-3-7(2-1-5-12)6-9(8)11/h1-4,6,11-12H,5,10H2. The zero-order valence-corrected chi connectivity index (χ0v) is 7.46. The lowest BCUT2D eigenvalue weighted by molar-refractivity contribution is 0.478. The van der Waals surface area contributed by atoms with Gasteiger partial charge in [0, 0.05) is 5.75 Å². The maximum Gasteiger partial charge on any atom is 0.139 e. The second-order valence-corrected chi connectivity index (χ2v) is 2.77. The van der Waals surface area contributed by atoms with Crippen LogP contribution in [0.1, 0.15) is 5.56 Å². The predicted molar refractivity (Wildman–Crippen MR) is 55.4 cm³/mol. The van der Waals surface area contributed by atoms with Crippen LogP contribution in [0.15, 0.2) is 24.3 Å². The molecule has 0 spiro atoms. The van der Waals surface area contributed by atoms with E-state index < -0.39 is 0 Å². The number of benzene rings is 1. The maximum atomic E-state index is 9.22. The van der Waals surface area contributed by atoms with E-state index in [0.29, 0.717) is 11.4 Å². The van der Waals surface area contributed by atoms with Gasteiger partial charge in [-0.25, -0.2) is 0 Å². The molecule has 1 aromatic carbocycles. The second kappa shape index (κ2) is 4.07. The smallest absolute Gasteiger partial charge is 0.139 e. The van der Waals surface area contributed by atoms with E-state index in [4.69, 9.17) is 5.73 Å². The Bertz CT molecular complexity index is 297. The van der Waals surface area contributed by atoms with E-state index in [0.717, 1.165) is 5.56 Å². The lowest BCUT2D eigenvalue weighted by atomic mass is 10.2. The van der Waals surface area contributed by atoms with Crippen molar-refractivity contribution in [2.24, 2.45) is 0 Å². The molecule has 1 aromatic rings. The number of aromatic hydroxyl groups is 1. The first-order valence-electron chi connectivity index (χ1n) is 3.60. The van der Waals surface area contributed by atoms with Gasteiger partial charge < -0.3 is 10.8 Å². The number of hydrogen-bond acceptors (Lipinski definition) is 3. The van der Waals surface area contributed by atoms with Crippen LogP contribution in [-0.2, 0) is 0 Å². The molecule has 0 aromatic heterocycles. The molecule has 3 heteroatoms. The van der Waals surface area contributed by atoms with Crippen molar-refractivity contribution in [2.75, 3.05) is 11.5 Å². The number of nitrogen functional groups attached to an aromatic ring is 1. The van der Waals surface area contributed by atoms with Gasteiger partial charge in [0.2, 0.25) is 0 Å². The fraction of sp³-hybridized carbons (Fsp3) is 0.111. The van der Waals surface area contributed by atoms with Crippen LogP contribution in [0.2, 0.25) is 0 Å². The third kappa shape index (κ3) is 2.20. The Kier molecular flexibility index (Phi) is 3.05. The van der Waals surface area contributed by atoms with Gasteiger partial charge in [-0.3, -0.25) is 0 Å². The molecule has 0 unspecified atom stereocenters. The van der Waals surface area contributed by atoms with E-state index in [9.17, 15) is 5.11 Å². The van der Waals surface area contributed by atoms with Gasteiger partial charge in [-0.2, -0.15) is 12.6 Å². The Hall–Kier alpha value is -1.09. The second-order valence-electron chi connectivity index (χ2n) is 2.40. The van der Waals surface area contributed by atoms with Crippen molar-refractivity contribution in [1.29, 1.82) is 0 Å². The molecule has 0 aliphatic rings. The number of phenolic OH excluding ortho intramolecular Hbond substituents is 1. The lowest BCUT2D eigenvalue weighted by Gasteiger charge is -1.98. The van der Waals surface area contributed by atoms with Gasteiger partial charge in [-0.05, 0) is 17.7 Å². The molecule has 0 saturated heterocycles. The molecule has 0 saturated carbocycles.